The molecular formula is C15H14ClN3O2. The fraction of sp³-hybridized carbons (Fsp3) is 0.200. The smallest absolute Gasteiger partial charge is 0.276 e. The maximum Gasteiger partial charge on any atom is 0.276 e. The Hall–Kier alpha value is -2.27. The Bertz CT molecular complexity index is 950. The highest BCUT2D eigenvalue weighted by Gasteiger charge is 2.16. The van der Waals surface area contributed by atoms with Crippen LogP contribution in [0.25, 0.3) is 22.2 Å². The van der Waals surface area contributed by atoms with E-state index in [4.69, 9.17) is 11.6 Å². The molecule has 0 spiro atoms. The summed E-state index contributed by atoms with van der Waals surface area (Å²) in [6, 6.07) is 8.62. The monoisotopic (exact) mass is 303 g/mol. The average Bonchev–Trinajstić information content (AvgIpc) is 2.72. The molecule has 108 valence electrons. The summed E-state index contributed by atoms with van der Waals surface area (Å²) in [5, 5.41) is 3.96. The predicted molar refractivity (Wildman–Crippen MR) is 83.9 cm³/mol. The van der Waals surface area contributed by atoms with Gasteiger partial charge in [0.25, 0.3) is 11.1 Å². The Morgan fingerprint density at radius 3 is 2.67 bits per heavy atom. The van der Waals surface area contributed by atoms with Gasteiger partial charge >= 0.3 is 0 Å². The first-order chi connectivity index (χ1) is 10.0. The summed E-state index contributed by atoms with van der Waals surface area (Å²) in [6.45, 7) is 2.35. The SMILES string of the molecule is CCn1c(-c2cccc(Cl)c2)c2c(=O)n(C)[nH]c2cc1=O. The molecule has 0 saturated heterocycles. The molecule has 0 atom stereocenters. The van der Waals surface area contributed by atoms with Gasteiger partial charge < -0.3 is 4.57 Å². The third-order valence-electron chi connectivity index (χ3n) is 3.53. The average molecular weight is 304 g/mol. The Balaban J connectivity index is 2.54. The third kappa shape index (κ3) is 2.10. The predicted octanol–water partition coefficient (Wildman–Crippen LogP) is 2.37. The van der Waals surface area contributed by atoms with Crippen molar-refractivity contribution < 1.29 is 0 Å². The van der Waals surface area contributed by atoms with Gasteiger partial charge in [-0.2, -0.15) is 0 Å². The van der Waals surface area contributed by atoms with E-state index in [2.05, 4.69) is 5.10 Å². The zero-order chi connectivity index (χ0) is 15.1. The van der Waals surface area contributed by atoms with Crippen LogP contribution >= 0.6 is 11.6 Å². The highest BCUT2D eigenvalue weighted by molar-refractivity contribution is 6.30. The first kappa shape index (κ1) is 13.7. The number of aryl methyl sites for hydroxylation is 1. The van der Waals surface area contributed by atoms with Crippen LogP contribution < -0.4 is 11.1 Å². The Morgan fingerprint density at radius 1 is 1.24 bits per heavy atom. The van der Waals surface area contributed by atoms with Crippen molar-refractivity contribution >= 4 is 22.5 Å². The van der Waals surface area contributed by atoms with Crippen molar-refractivity contribution in [1.29, 1.82) is 0 Å². The lowest BCUT2D eigenvalue weighted by atomic mass is 10.1. The number of rotatable bonds is 2. The van der Waals surface area contributed by atoms with E-state index in [1.165, 1.54) is 10.7 Å². The number of halogens is 1. The van der Waals surface area contributed by atoms with Gasteiger partial charge in [-0.05, 0) is 19.1 Å². The molecule has 3 aromatic rings. The van der Waals surface area contributed by atoms with Gasteiger partial charge in [0.2, 0.25) is 0 Å². The Morgan fingerprint density at radius 2 is 2.00 bits per heavy atom. The van der Waals surface area contributed by atoms with Crippen molar-refractivity contribution in [3.63, 3.8) is 0 Å². The molecule has 0 radical (unpaired) electrons. The Kier molecular flexibility index (Phi) is 3.22. The molecule has 0 aliphatic heterocycles. The number of hydrogen-bond donors (Lipinski definition) is 1. The van der Waals surface area contributed by atoms with Crippen molar-refractivity contribution in [2.45, 2.75) is 13.5 Å². The molecule has 6 heteroatoms. The largest absolute Gasteiger partial charge is 0.308 e. The van der Waals surface area contributed by atoms with Crippen molar-refractivity contribution in [2.24, 2.45) is 7.05 Å². The number of nitrogens with one attached hydrogen (secondary N) is 1. The molecule has 2 aromatic heterocycles. The minimum absolute atomic E-state index is 0.151. The highest BCUT2D eigenvalue weighted by Crippen LogP contribution is 2.26. The standard InChI is InChI=1S/C15H14ClN3O2/c1-3-19-12(20)8-11-13(15(21)18(2)17-11)14(19)9-5-4-6-10(16)7-9/h4-8,17H,3H2,1-2H3. The first-order valence-electron chi connectivity index (χ1n) is 6.61. The van der Waals surface area contributed by atoms with Gasteiger partial charge in [0, 0.05) is 30.2 Å². The van der Waals surface area contributed by atoms with Crippen LogP contribution in [0, 0.1) is 0 Å². The van der Waals surface area contributed by atoms with Gasteiger partial charge in [-0.3, -0.25) is 19.4 Å². The van der Waals surface area contributed by atoms with E-state index in [1.807, 2.05) is 13.0 Å². The fourth-order valence-electron chi connectivity index (χ4n) is 2.60. The number of aromatic nitrogens is 3. The second kappa shape index (κ2) is 4.93. The van der Waals surface area contributed by atoms with E-state index in [0.29, 0.717) is 28.2 Å². The second-order valence-corrected chi connectivity index (χ2v) is 5.29. The minimum Gasteiger partial charge on any atom is -0.308 e. The fourth-order valence-corrected chi connectivity index (χ4v) is 2.79. The molecule has 5 nitrogen and oxygen atoms in total. The minimum atomic E-state index is -0.165. The molecule has 3 rings (SSSR count). The summed E-state index contributed by atoms with van der Waals surface area (Å²) in [5.74, 6) is 0. The van der Waals surface area contributed by atoms with E-state index in [1.54, 1.807) is 29.8 Å². The third-order valence-corrected chi connectivity index (χ3v) is 3.77. The molecule has 0 amide bonds. The molecular weight excluding hydrogens is 290 g/mol. The zero-order valence-electron chi connectivity index (χ0n) is 11.7. The van der Waals surface area contributed by atoms with Crippen LogP contribution in [-0.4, -0.2) is 14.3 Å². The van der Waals surface area contributed by atoms with Crippen LogP contribution in [0.4, 0.5) is 0 Å². The van der Waals surface area contributed by atoms with Crippen LogP contribution in [-0.2, 0) is 13.6 Å². The molecule has 1 N–H and O–H groups in total. The number of H-pyrrole nitrogens is 1. The molecule has 0 saturated carbocycles. The normalized spacial score (nSPS) is 11.2. The van der Waals surface area contributed by atoms with Crippen molar-refractivity contribution in [3.05, 3.63) is 56.1 Å². The van der Waals surface area contributed by atoms with Crippen LogP contribution in [0.2, 0.25) is 5.02 Å². The summed E-state index contributed by atoms with van der Waals surface area (Å²) in [7, 11) is 1.63. The molecule has 1 aromatic carbocycles. The number of fused-ring (bicyclic) bond motifs is 1. The highest BCUT2D eigenvalue weighted by atomic mass is 35.5. The number of pyridine rings is 1. The van der Waals surface area contributed by atoms with Gasteiger partial charge in [0.05, 0.1) is 16.6 Å². The first-order valence-corrected chi connectivity index (χ1v) is 6.99. The van der Waals surface area contributed by atoms with E-state index in [9.17, 15) is 9.59 Å². The summed E-state index contributed by atoms with van der Waals surface area (Å²) >= 11 is 6.05. The van der Waals surface area contributed by atoms with Gasteiger partial charge in [-0.1, -0.05) is 23.7 Å². The van der Waals surface area contributed by atoms with Crippen LogP contribution in [0.1, 0.15) is 6.92 Å². The van der Waals surface area contributed by atoms with Gasteiger partial charge in [0.1, 0.15) is 0 Å². The lowest BCUT2D eigenvalue weighted by Gasteiger charge is -2.12. The summed E-state index contributed by atoms with van der Waals surface area (Å²) < 4.78 is 2.96. The van der Waals surface area contributed by atoms with E-state index < -0.39 is 0 Å². The molecule has 0 fully saturated rings. The summed E-state index contributed by atoms with van der Waals surface area (Å²) in [4.78, 5) is 24.6. The van der Waals surface area contributed by atoms with Gasteiger partial charge in [0.15, 0.2) is 0 Å². The number of hydrogen-bond acceptors (Lipinski definition) is 2. The quantitative estimate of drug-likeness (QED) is 0.790. The zero-order valence-corrected chi connectivity index (χ0v) is 12.4. The number of aromatic amines is 1. The number of nitrogens with zero attached hydrogens (tertiary/aromatic N) is 2. The van der Waals surface area contributed by atoms with E-state index in [-0.39, 0.29) is 11.1 Å². The summed E-state index contributed by atoms with van der Waals surface area (Å²) in [5.41, 5.74) is 1.57. The van der Waals surface area contributed by atoms with E-state index >= 15 is 0 Å². The molecule has 2 heterocycles. The second-order valence-electron chi connectivity index (χ2n) is 4.85. The van der Waals surface area contributed by atoms with Crippen LogP contribution in [0.3, 0.4) is 0 Å². The van der Waals surface area contributed by atoms with Crippen molar-refractivity contribution in [3.8, 4) is 11.3 Å². The molecule has 0 aliphatic rings. The topological polar surface area (TPSA) is 59.8 Å². The summed E-state index contributed by atoms with van der Waals surface area (Å²) in [6.07, 6.45) is 0. The maximum absolute atomic E-state index is 12.4. The van der Waals surface area contributed by atoms with Gasteiger partial charge in [-0.25, -0.2) is 0 Å². The number of benzene rings is 1. The molecule has 0 aliphatic carbocycles. The lowest BCUT2D eigenvalue weighted by molar-refractivity contribution is 0.741. The molecule has 0 bridgehead atoms. The van der Waals surface area contributed by atoms with Crippen LogP contribution in [0.15, 0.2) is 39.9 Å². The van der Waals surface area contributed by atoms with E-state index in [0.717, 1.165) is 5.56 Å². The molecule has 21 heavy (non-hydrogen) atoms. The Labute approximate surface area is 125 Å². The van der Waals surface area contributed by atoms with Crippen LogP contribution in [0.5, 0.6) is 0 Å². The molecule has 0 unspecified atom stereocenters. The van der Waals surface area contributed by atoms with Crippen molar-refractivity contribution in [1.82, 2.24) is 14.3 Å². The lowest BCUT2D eigenvalue weighted by Crippen LogP contribution is -2.22. The van der Waals surface area contributed by atoms with Gasteiger partial charge in [-0.15, -0.1) is 0 Å². The maximum atomic E-state index is 12.4. The van der Waals surface area contributed by atoms with Crippen molar-refractivity contribution in [2.75, 3.05) is 0 Å².